The van der Waals surface area contributed by atoms with E-state index in [0.29, 0.717) is 16.9 Å². The van der Waals surface area contributed by atoms with E-state index < -0.39 is 11.7 Å². The van der Waals surface area contributed by atoms with Gasteiger partial charge in [-0.05, 0) is 26.8 Å². The molecule has 9 heteroatoms. The van der Waals surface area contributed by atoms with Crippen LogP contribution in [0.2, 0.25) is 0 Å². The molecular weight excluding hydrogens is 396 g/mol. The standard InChI is InChI=1S/C22H22N6O3/c1-22(2,3)31-21(29)28-12-15(9-24-28)6-7-16-10-25-27-14-17(8-19(30-5)20(16)27)18-11-23-26(4)13-18/h8-14H,1-5H3. The zero-order chi connectivity index (χ0) is 22.2. The molecule has 0 unspecified atom stereocenters. The van der Waals surface area contributed by atoms with Gasteiger partial charge in [0.1, 0.15) is 16.9 Å². The predicted octanol–water partition coefficient (Wildman–Crippen LogP) is 3.12. The minimum absolute atomic E-state index is 0.555. The van der Waals surface area contributed by atoms with Crippen LogP contribution in [0.5, 0.6) is 5.75 Å². The minimum Gasteiger partial charge on any atom is -0.494 e. The van der Waals surface area contributed by atoms with Crippen LogP contribution in [0.25, 0.3) is 16.6 Å². The first-order valence-corrected chi connectivity index (χ1v) is 9.58. The number of fused-ring (bicyclic) bond motifs is 1. The van der Waals surface area contributed by atoms with Crippen LogP contribution < -0.4 is 4.74 Å². The summed E-state index contributed by atoms with van der Waals surface area (Å²) in [7, 11) is 3.48. The van der Waals surface area contributed by atoms with Crippen LogP contribution in [-0.2, 0) is 11.8 Å². The molecule has 0 spiro atoms. The highest BCUT2D eigenvalue weighted by molar-refractivity contribution is 5.76. The van der Waals surface area contributed by atoms with Crippen LogP contribution in [0, 0.1) is 11.8 Å². The third-order valence-electron chi connectivity index (χ3n) is 4.34. The molecule has 0 bridgehead atoms. The van der Waals surface area contributed by atoms with Crippen molar-refractivity contribution in [1.29, 1.82) is 0 Å². The van der Waals surface area contributed by atoms with Crippen molar-refractivity contribution < 1.29 is 14.3 Å². The van der Waals surface area contributed by atoms with Crippen LogP contribution in [0.4, 0.5) is 4.79 Å². The van der Waals surface area contributed by atoms with Gasteiger partial charge in [-0.1, -0.05) is 11.8 Å². The lowest BCUT2D eigenvalue weighted by molar-refractivity contribution is 0.0514. The second kappa shape index (κ2) is 7.65. The van der Waals surface area contributed by atoms with Crippen molar-refractivity contribution >= 4 is 11.6 Å². The number of hydrogen-bond acceptors (Lipinski definition) is 6. The third kappa shape index (κ3) is 4.28. The summed E-state index contributed by atoms with van der Waals surface area (Å²) in [6.07, 6.45) is 9.78. The van der Waals surface area contributed by atoms with Gasteiger partial charge in [0.25, 0.3) is 0 Å². The fourth-order valence-electron chi connectivity index (χ4n) is 2.99. The molecule has 4 aromatic heterocycles. The van der Waals surface area contributed by atoms with Gasteiger partial charge in [0.2, 0.25) is 0 Å². The van der Waals surface area contributed by atoms with E-state index in [2.05, 4.69) is 27.1 Å². The summed E-state index contributed by atoms with van der Waals surface area (Å²) in [5.74, 6) is 6.75. The zero-order valence-corrected chi connectivity index (χ0v) is 17.9. The Hall–Kier alpha value is -4.06. The van der Waals surface area contributed by atoms with E-state index in [-0.39, 0.29) is 0 Å². The van der Waals surface area contributed by atoms with Crippen molar-refractivity contribution in [3.63, 3.8) is 0 Å². The number of nitrogens with zero attached hydrogens (tertiary/aromatic N) is 6. The van der Waals surface area contributed by atoms with Gasteiger partial charge in [-0.15, -0.1) is 0 Å². The van der Waals surface area contributed by atoms with Crippen molar-refractivity contribution in [3.8, 4) is 28.7 Å². The van der Waals surface area contributed by atoms with E-state index in [9.17, 15) is 4.79 Å². The first-order valence-electron chi connectivity index (χ1n) is 9.58. The molecular formula is C22H22N6O3. The van der Waals surface area contributed by atoms with E-state index in [1.165, 1.54) is 12.4 Å². The summed E-state index contributed by atoms with van der Waals surface area (Å²) in [6, 6.07) is 1.93. The number of ether oxygens (including phenoxy) is 2. The van der Waals surface area contributed by atoms with E-state index in [1.54, 1.807) is 49.5 Å². The maximum Gasteiger partial charge on any atom is 0.435 e. The van der Waals surface area contributed by atoms with Gasteiger partial charge in [0.15, 0.2) is 0 Å². The lowest BCUT2D eigenvalue weighted by atomic mass is 10.1. The van der Waals surface area contributed by atoms with E-state index in [4.69, 9.17) is 9.47 Å². The van der Waals surface area contributed by atoms with Gasteiger partial charge >= 0.3 is 6.09 Å². The van der Waals surface area contributed by atoms with E-state index in [1.807, 2.05) is 25.5 Å². The molecule has 4 rings (SSSR count). The Kier molecular flexibility index (Phi) is 4.99. The average molecular weight is 418 g/mol. The maximum atomic E-state index is 12.1. The van der Waals surface area contributed by atoms with Gasteiger partial charge in [0.05, 0.1) is 43.0 Å². The quantitative estimate of drug-likeness (QED) is 0.465. The van der Waals surface area contributed by atoms with Crippen LogP contribution >= 0.6 is 0 Å². The van der Waals surface area contributed by atoms with Crippen molar-refractivity contribution in [1.82, 2.24) is 29.2 Å². The largest absolute Gasteiger partial charge is 0.494 e. The fourth-order valence-corrected chi connectivity index (χ4v) is 2.99. The van der Waals surface area contributed by atoms with Crippen molar-refractivity contribution in [2.24, 2.45) is 7.05 Å². The molecule has 31 heavy (non-hydrogen) atoms. The monoisotopic (exact) mass is 418 g/mol. The van der Waals surface area contributed by atoms with Crippen LogP contribution in [0.3, 0.4) is 0 Å². The summed E-state index contributed by atoms with van der Waals surface area (Å²) in [4.78, 5) is 12.1. The predicted molar refractivity (Wildman–Crippen MR) is 114 cm³/mol. The molecule has 0 aliphatic heterocycles. The highest BCUT2D eigenvalue weighted by Gasteiger charge is 2.18. The smallest absolute Gasteiger partial charge is 0.435 e. The number of aromatic nitrogens is 6. The number of carbonyl (C=O) groups is 1. The Bertz CT molecular complexity index is 1330. The lowest BCUT2D eigenvalue weighted by Gasteiger charge is -2.18. The molecule has 4 aromatic rings. The summed E-state index contributed by atoms with van der Waals surface area (Å²) in [5.41, 5.74) is 3.31. The molecule has 0 fully saturated rings. The summed E-state index contributed by atoms with van der Waals surface area (Å²) < 4.78 is 15.5. The molecule has 0 radical (unpaired) electrons. The Morgan fingerprint density at radius 1 is 1.00 bits per heavy atom. The number of aryl methyl sites for hydroxylation is 1. The highest BCUT2D eigenvalue weighted by Crippen LogP contribution is 2.29. The van der Waals surface area contributed by atoms with Crippen LogP contribution in [-0.4, -0.2) is 48.0 Å². The molecule has 0 amide bonds. The maximum absolute atomic E-state index is 12.1. The second-order valence-corrected chi connectivity index (χ2v) is 7.96. The third-order valence-corrected chi connectivity index (χ3v) is 4.34. The number of hydrogen-bond donors (Lipinski definition) is 0. The molecule has 0 atom stereocenters. The van der Waals surface area contributed by atoms with E-state index in [0.717, 1.165) is 21.3 Å². The Balaban J connectivity index is 1.65. The van der Waals surface area contributed by atoms with Gasteiger partial charge in [-0.25, -0.2) is 9.31 Å². The SMILES string of the molecule is COc1cc(-c2cnn(C)c2)cn2ncc(C#Cc3cnn(C(=O)OC(C)(C)C)c3)c12. The van der Waals surface area contributed by atoms with Crippen LogP contribution in [0.1, 0.15) is 31.9 Å². The van der Waals surface area contributed by atoms with Gasteiger partial charge in [-0.2, -0.15) is 20.0 Å². The molecule has 0 N–H and O–H groups in total. The molecule has 4 heterocycles. The van der Waals surface area contributed by atoms with Gasteiger partial charge in [-0.3, -0.25) is 4.68 Å². The molecule has 158 valence electrons. The van der Waals surface area contributed by atoms with E-state index >= 15 is 0 Å². The minimum atomic E-state index is -0.600. The highest BCUT2D eigenvalue weighted by atomic mass is 16.6. The molecule has 0 saturated heterocycles. The Morgan fingerprint density at radius 3 is 2.48 bits per heavy atom. The summed E-state index contributed by atoms with van der Waals surface area (Å²) >= 11 is 0. The summed E-state index contributed by atoms with van der Waals surface area (Å²) in [5, 5.41) is 12.7. The number of methoxy groups -OCH3 is 1. The number of rotatable bonds is 2. The summed E-state index contributed by atoms with van der Waals surface area (Å²) in [6.45, 7) is 5.40. The van der Waals surface area contributed by atoms with Crippen molar-refractivity contribution in [3.05, 3.63) is 54.4 Å². The molecule has 9 nitrogen and oxygen atoms in total. The normalized spacial score (nSPS) is 11.3. The molecule has 0 aliphatic carbocycles. The molecule has 0 saturated carbocycles. The molecule has 0 aromatic carbocycles. The topological polar surface area (TPSA) is 88.5 Å². The van der Waals surface area contributed by atoms with Crippen molar-refractivity contribution in [2.75, 3.05) is 7.11 Å². The Morgan fingerprint density at radius 2 is 1.81 bits per heavy atom. The molecule has 0 aliphatic rings. The van der Waals surface area contributed by atoms with Crippen molar-refractivity contribution in [2.45, 2.75) is 26.4 Å². The van der Waals surface area contributed by atoms with Gasteiger partial charge < -0.3 is 9.47 Å². The number of pyridine rings is 1. The number of carbonyl (C=O) groups excluding carboxylic acids is 1. The first-order chi connectivity index (χ1) is 14.7. The van der Waals surface area contributed by atoms with Gasteiger partial charge in [0, 0.05) is 30.6 Å². The average Bonchev–Trinajstić information content (AvgIpc) is 3.43. The van der Waals surface area contributed by atoms with Crippen LogP contribution in [0.15, 0.2) is 43.2 Å². The lowest BCUT2D eigenvalue weighted by Crippen LogP contribution is -2.27. The fraction of sp³-hybridized carbons (Fsp3) is 0.273. The zero-order valence-electron chi connectivity index (χ0n) is 17.9. The first kappa shape index (κ1) is 20.2. The Labute approximate surface area is 179 Å². The second-order valence-electron chi connectivity index (χ2n) is 7.96.